The molecule has 2 N–H and O–H groups in total. The van der Waals surface area contributed by atoms with Crippen molar-refractivity contribution in [2.45, 2.75) is 24.3 Å². The van der Waals surface area contributed by atoms with Gasteiger partial charge in [0.15, 0.2) is 5.75 Å². The maximum atomic E-state index is 12.9. The van der Waals surface area contributed by atoms with Crippen molar-refractivity contribution in [3.8, 4) is 5.75 Å². The van der Waals surface area contributed by atoms with Crippen LogP contribution in [0.15, 0.2) is 41.3 Å². The topological polar surface area (TPSA) is 88.5 Å². The highest BCUT2D eigenvalue weighted by Gasteiger charge is 2.17. The number of hydrogen-bond acceptors (Lipinski definition) is 5. The van der Waals surface area contributed by atoms with Gasteiger partial charge in [-0.05, 0) is 44.2 Å². The zero-order valence-electron chi connectivity index (χ0n) is 13.4. The number of rotatable bonds is 4. The number of aromatic nitrogens is 1. The van der Waals surface area contributed by atoms with Crippen LogP contribution in [0.4, 0.5) is 8.78 Å². The van der Waals surface area contributed by atoms with Gasteiger partial charge in [-0.25, -0.2) is 0 Å². The number of nitrogens with one attached hydrogen (secondary N) is 1. The van der Waals surface area contributed by atoms with Crippen LogP contribution >= 0.6 is 0 Å². The Morgan fingerprint density at radius 3 is 2.36 bits per heavy atom. The molecule has 0 aliphatic carbocycles. The second-order valence-corrected chi connectivity index (χ2v) is 6.88. The molecule has 2 aromatic rings. The first-order valence-corrected chi connectivity index (χ1v) is 8.92. The molecule has 1 saturated heterocycles. The lowest BCUT2D eigenvalue weighted by atomic mass is 10.1. The summed E-state index contributed by atoms with van der Waals surface area (Å²) in [5.74, 6) is -1.74. The van der Waals surface area contributed by atoms with E-state index in [4.69, 9.17) is 9.29 Å². The third-order valence-electron chi connectivity index (χ3n) is 3.47. The number of pyridine rings is 1. The fourth-order valence-electron chi connectivity index (χ4n) is 1.90. The molecule has 9 heteroatoms. The molecule has 1 aromatic heterocycles. The van der Waals surface area contributed by atoms with Gasteiger partial charge in [0.25, 0.3) is 16.1 Å². The van der Waals surface area contributed by atoms with Crippen molar-refractivity contribution in [2.75, 3.05) is 13.2 Å². The molecule has 1 fully saturated rings. The van der Waals surface area contributed by atoms with Gasteiger partial charge in [-0.15, -0.1) is 0 Å². The van der Waals surface area contributed by atoms with Crippen molar-refractivity contribution in [3.05, 3.63) is 53.9 Å². The zero-order chi connectivity index (χ0) is 18.4. The van der Waals surface area contributed by atoms with Crippen LogP contribution in [0.1, 0.15) is 12.0 Å². The molecule has 1 aliphatic rings. The molecule has 0 amide bonds. The molecule has 2 heterocycles. The maximum absolute atomic E-state index is 12.9. The summed E-state index contributed by atoms with van der Waals surface area (Å²) in [6.07, 6.45) is 1.02. The molecule has 0 spiro atoms. The second kappa shape index (κ2) is 8.32. The highest BCUT2D eigenvalue weighted by Crippen LogP contribution is 2.15. The summed E-state index contributed by atoms with van der Waals surface area (Å²) in [6, 6.07) is 8.59. The van der Waals surface area contributed by atoms with Gasteiger partial charge >= 0.3 is 0 Å². The lowest BCUT2D eigenvalue weighted by Crippen LogP contribution is -2.46. The molecular formula is C16H18F2N2O4S. The molecule has 0 radical (unpaired) electrons. The number of aryl methyl sites for hydroxylation is 1. The van der Waals surface area contributed by atoms with E-state index in [-0.39, 0.29) is 16.7 Å². The average Bonchev–Trinajstić information content (AvgIpc) is 2.48. The van der Waals surface area contributed by atoms with Gasteiger partial charge in [-0.3, -0.25) is 4.55 Å². The van der Waals surface area contributed by atoms with Crippen LogP contribution in [-0.4, -0.2) is 37.1 Å². The lowest BCUT2D eigenvalue weighted by molar-refractivity contribution is 0.208. The summed E-state index contributed by atoms with van der Waals surface area (Å²) < 4.78 is 60.0. The third kappa shape index (κ3) is 6.04. The minimum atomic E-state index is -4.02. The van der Waals surface area contributed by atoms with E-state index in [2.05, 4.69) is 10.3 Å². The monoisotopic (exact) mass is 372 g/mol. The van der Waals surface area contributed by atoms with E-state index in [1.165, 1.54) is 18.2 Å². The van der Waals surface area contributed by atoms with Crippen LogP contribution in [0.5, 0.6) is 5.75 Å². The van der Waals surface area contributed by atoms with Crippen LogP contribution < -0.4 is 10.1 Å². The smallest absolute Gasteiger partial charge is 0.294 e. The Morgan fingerprint density at radius 2 is 1.88 bits per heavy atom. The van der Waals surface area contributed by atoms with Crippen molar-refractivity contribution in [1.82, 2.24) is 10.3 Å². The van der Waals surface area contributed by atoms with Crippen LogP contribution in [0.3, 0.4) is 0 Å². The Kier molecular flexibility index (Phi) is 6.40. The number of hydrogen-bond donors (Lipinski definition) is 2. The lowest BCUT2D eigenvalue weighted by Gasteiger charge is -2.27. The Morgan fingerprint density at radius 1 is 1.24 bits per heavy atom. The summed E-state index contributed by atoms with van der Waals surface area (Å²) in [6.45, 7) is 3.20. The molecule has 1 aliphatic heterocycles. The highest BCUT2D eigenvalue weighted by molar-refractivity contribution is 7.85. The summed E-state index contributed by atoms with van der Waals surface area (Å²) in [5.41, 5.74) is 0.956. The van der Waals surface area contributed by atoms with Crippen molar-refractivity contribution in [3.63, 3.8) is 0 Å². The molecule has 0 bridgehead atoms. The van der Waals surface area contributed by atoms with Crippen LogP contribution in [0, 0.1) is 18.8 Å². The number of benzene rings is 1. The second-order valence-electron chi connectivity index (χ2n) is 5.46. The molecule has 25 heavy (non-hydrogen) atoms. The average molecular weight is 372 g/mol. The molecule has 6 nitrogen and oxygen atoms in total. The Labute approximate surface area is 144 Å². The van der Waals surface area contributed by atoms with Crippen molar-refractivity contribution < 1.29 is 26.5 Å². The number of halogens is 2. The summed E-state index contributed by atoms with van der Waals surface area (Å²) >= 11 is 0. The summed E-state index contributed by atoms with van der Waals surface area (Å²) in [5, 5.41) is 3.10. The van der Waals surface area contributed by atoms with E-state index < -0.39 is 22.0 Å². The van der Waals surface area contributed by atoms with Crippen LogP contribution in [-0.2, 0) is 10.1 Å². The first-order valence-electron chi connectivity index (χ1n) is 7.48. The fraction of sp³-hybridized carbons (Fsp3) is 0.312. The fourth-order valence-corrected chi connectivity index (χ4v) is 2.38. The Bertz CT molecular complexity index is 809. The molecule has 1 atom stereocenters. The van der Waals surface area contributed by atoms with Gasteiger partial charge in [0.05, 0.1) is 4.90 Å². The van der Waals surface area contributed by atoms with Gasteiger partial charge in [0, 0.05) is 6.04 Å². The normalized spacial score (nSPS) is 16.4. The van der Waals surface area contributed by atoms with Crippen LogP contribution in [0.2, 0.25) is 0 Å². The summed E-state index contributed by atoms with van der Waals surface area (Å²) in [7, 11) is -4.02. The van der Waals surface area contributed by atoms with Crippen LogP contribution in [0.25, 0.3) is 0 Å². The van der Waals surface area contributed by atoms with Crippen molar-refractivity contribution >= 4 is 10.1 Å². The Balaban J connectivity index is 0.000000186. The SMILES string of the molecule is Cc1ccc(S(=O)(=O)O)cc1.Fc1ccc(OC[C@@H]2CCN2)c(F)n1. The molecule has 0 saturated carbocycles. The van der Waals surface area contributed by atoms with E-state index in [9.17, 15) is 17.2 Å². The van der Waals surface area contributed by atoms with E-state index in [1.54, 1.807) is 12.1 Å². The van der Waals surface area contributed by atoms with Gasteiger partial charge in [0.1, 0.15) is 6.61 Å². The van der Waals surface area contributed by atoms with Gasteiger partial charge in [0.2, 0.25) is 5.95 Å². The first-order chi connectivity index (χ1) is 11.8. The van der Waals surface area contributed by atoms with Crippen molar-refractivity contribution in [1.29, 1.82) is 0 Å². The molecule has 0 unspecified atom stereocenters. The van der Waals surface area contributed by atoms with Gasteiger partial charge < -0.3 is 10.1 Å². The minimum absolute atomic E-state index is 0.0000926. The minimum Gasteiger partial charge on any atom is -0.487 e. The quantitative estimate of drug-likeness (QED) is 0.633. The van der Waals surface area contributed by atoms with E-state index in [0.717, 1.165) is 24.6 Å². The zero-order valence-corrected chi connectivity index (χ0v) is 14.3. The third-order valence-corrected chi connectivity index (χ3v) is 4.33. The number of nitrogens with zero attached hydrogens (tertiary/aromatic N) is 1. The highest BCUT2D eigenvalue weighted by atomic mass is 32.2. The van der Waals surface area contributed by atoms with Crippen molar-refractivity contribution in [2.24, 2.45) is 0 Å². The standard InChI is InChI=1S/C9H10F2N2O.C7H8O3S/c10-8-2-1-7(9(11)13-8)14-5-6-3-4-12-6;1-6-2-4-7(5-3-6)11(8,9)10/h1-2,6,12H,3-5H2;2-5H,1H3,(H,8,9,10)/t6-;/m0./s1. The predicted octanol–water partition coefficient (Wildman–Crippen LogP) is 2.34. The number of ether oxygens (including phenoxy) is 1. The maximum Gasteiger partial charge on any atom is 0.294 e. The van der Waals surface area contributed by atoms with E-state index >= 15 is 0 Å². The van der Waals surface area contributed by atoms with E-state index in [0.29, 0.717) is 6.61 Å². The first kappa shape index (κ1) is 19.2. The van der Waals surface area contributed by atoms with Gasteiger partial charge in [-0.2, -0.15) is 22.2 Å². The predicted molar refractivity (Wildman–Crippen MR) is 87.0 cm³/mol. The van der Waals surface area contributed by atoms with Gasteiger partial charge in [-0.1, -0.05) is 17.7 Å². The summed E-state index contributed by atoms with van der Waals surface area (Å²) in [4.78, 5) is 2.95. The molecular weight excluding hydrogens is 354 g/mol. The Hall–Kier alpha value is -2.10. The largest absolute Gasteiger partial charge is 0.487 e. The molecule has 1 aromatic carbocycles. The molecule has 3 rings (SSSR count). The molecule has 136 valence electrons. The van der Waals surface area contributed by atoms with E-state index in [1.807, 2.05) is 6.92 Å².